The molecule has 0 saturated heterocycles. The molecule has 112 valence electrons. The Bertz CT molecular complexity index is 601. The molecule has 0 aliphatic heterocycles. The molecule has 1 aromatic carbocycles. The molecule has 1 heterocycles. The van der Waals surface area contributed by atoms with E-state index in [0.29, 0.717) is 6.61 Å². The highest BCUT2D eigenvalue weighted by molar-refractivity contribution is 6.31. The summed E-state index contributed by atoms with van der Waals surface area (Å²) in [5.74, 6) is 0.774. The smallest absolute Gasteiger partial charge is 0.138 e. The van der Waals surface area contributed by atoms with Gasteiger partial charge >= 0.3 is 0 Å². The molecule has 0 aliphatic carbocycles. The van der Waals surface area contributed by atoms with Gasteiger partial charge in [-0.1, -0.05) is 30.7 Å². The van der Waals surface area contributed by atoms with Crippen LogP contribution in [0.2, 0.25) is 5.02 Å². The summed E-state index contributed by atoms with van der Waals surface area (Å²) in [7, 11) is 0. The summed E-state index contributed by atoms with van der Waals surface area (Å²) in [4.78, 5) is 4.22. The number of rotatable bonds is 6. The van der Waals surface area contributed by atoms with Crippen LogP contribution in [-0.4, -0.2) is 18.1 Å². The van der Waals surface area contributed by atoms with E-state index in [1.165, 1.54) is 0 Å². The van der Waals surface area contributed by atoms with Crippen LogP contribution in [0, 0.1) is 0 Å². The quantitative estimate of drug-likeness (QED) is 0.855. The summed E-state index contributed by atoms with van der Waals surface area (Å²) >= 11 is 6.42. The Hall–Kier alpha value is -1.58. The topological polar surface area (TPSA) is 34.2 Å². The first-order valence-electron chi connectivity index (χ1n) is 7.26. The van der Waals surface area contributed by atoms with Gasteiger partial charge < -0.3 is 10.1 Å². The molecule has 0 fully saturated rings. The predicted octanol–water partition coefficient (Wildman–Crippen LogP) is 4.47. The fourth-order valence-electron chi connectivity index (χ4n) is 2.30. The number of hydrogen-bond donors (Lipinski definition) is 1. The second-order valence-electron chi connectivity index (χ2n) is 4.86. The first kappa shape index (κ1) is 15.8. The van der Waals surface area contributed by atoms with Crippen LogP contribution in [0.4, 0.5) is 0 Å². The maximum atomic E-state index is 6.42. The number of hydrogen-bond acceptors (Lipinski definition) is 3. The van der Waals surface area contributed by atoms with Gasteiger partial charge in [0.25, 0.3) is 0 Å². The molecule has 1 atom stereocenters. The van der Waals surface area contributed by atoms with E-state index >= 15 is 0 Å². The number of pyridine rings is 1. The monoisotopic (exact) mass is 304 g/mol. The molecule has 0 spiro atoms. The third-order valence-corrected chi connectivity index (χ3v) is 3.66. The lowest BCUT2D eigenvalue weighted by Crippen LogP contribution is -2.17. The summed E-state index contributed by atoms with van der Waals surface area (Å²) in [6, 6.07) is 8.34. The molecule has 0 radical (unpaired) electrons. The molecule has 1 N–H and O–H groups in total. The zero-order chi connectivity index (χ0) is 15.2. The van der Waals surface area contributed by atoms with Crippen LogP contribution >= 0.6 is 11.6 Å². The highest BCUT2D eigenvalue weighted by Crippen LogP contribution is 2.30. The molecule has 2 aromatic rings. The van der Waals surface area contributed by atoms with Crippen molar-refractivity contribution >= 4 is 11.6 Å². The van der Waals surface area contributed by atoms with Crippen molar-refractivity contribution in [1.29, 1.82) is 0 Å². The van der Waals surface area contributed by atoms with Crippen molar-refractivity contribution in [3.05, 3.63) is 47.2 Å². The zero-order valence-corrected chi connectivity index (χ0v) is 13.4. The van der Waals surface area contributed by atoms with Gasteiger partial charge in [-0.3, -0.25) is 4.98 Å². The molecule has 1 unspecified atom stereocenters. The lowest BCUT2D eigenvalue weighted by atomic mass is 10.0. The van der Waals surface area contributed by atoms with Gasteiger partial charge in [0.05, 0.1) is 12.8 Å². The van der Waals surface area contributed by atoms with Crippen LogP contribution in [-0.2, 0) is 0 Å². The first-order valence-corrected chi connectivity index (χ1v) is 7.64. The van der Waals surface area contributed by atoms with Crippen LogP contribution < -0.4 is 10.1 Å². The lowest BCUT2D eigenvalue weighted by Gasteiger charge is -2.15. The second kappa shape index (κ2) is 7.43. The van der Waals surface area contributed by atoms with Crippen LogP contribution in [0.5, 0.6) is 5.75 Å². The highest BCUT2D eigenvalue weighted by Gasteiger charge is 2.10. The highest BCUT2D eigenvalue weighted by atomic mass is 35.5. The van der Waals surface area contributed by atoms with Crippen LogP contribution in [0.1, 0.15) is 32.4 Å². The van der Waals surface area contributed by atoms with E-state index in [4.69, 9.17) is 16.3 Å². The fraction of sp³-hybridized carbons (Fsp3) is 0.353. The van der Waals surface area contributed by atoms with Gasteiger partial charge in [-0.15, -0.1) is 0 Å². The summed E-state index contributed by atoms with van der Waals surface area (Å²) in [5.41, 5.74) is 3.16. The molecular formula is C17H21ClN2O. The van der Waals surface area contributed by atoms with Crippen molar-refractivity contribution in [2.24, 2.45) is 0 Å². The second-order valence-corrected chi connectivity index (χ2v) is 5.27. The normalized spacial score (nSPS) is 12.2. The van der Waals surface area contributed by atoms with Gasteiger partial charge in [-0.05, 0) is 43.7 Å². The van der Waals surface area contributed by atoms with Gasteiger partial charge in [0.1, 0.15) is 5.75 Å². The van der Waals surface area contributed by atoms with Gasteiger partial charge in [0.15, 0.2) is 0 Å². The number of nitrogens with zero attached hydrogens (tertiary/aromatic N) is 1. The molecule has 3 nitrogen and oxygen atoms in total. The fourth-order valence-corrected chi connectivity index (χ4v) is 2.64. The summed E-state index contributed by atoms with van der Waals surface area (Å²) in [6.45, 7) is 7.70. The number of benzene rings is 1. The van der Waals surface area contributed by atoms with Gasteiger partial charge in [-0.25, -0.2) is 0 Å². The van der Waals surface area contributed by atoms with Crippen molar-refractivity contribution in [3.8, 4) is 16.9 Å². The Morgan fingerprint density at radius 2 is 2.00 bits per heavy atom. The largest absolute Gasteiger partial charge is 0.492 e. The molecule has 1 aromatic heterocycles. The van der Waals surface area contributed by atoms with Crippen LogP contribution in [0.3, 0.4) is 0 Å². The number of nitrogens with one attached hydrogen (secondary N) is 1. The van der Waals surface area contributed by atoms with E-state index < -0.39 is 0 Å². The number of ether oxygens (including phenoxy) is 1. The van der Waals surface area contributed by atoms with Crippen LogP contribution in [0.25, 0.3) is 11.1 Å². The number of aromatic nitrogens is 1. The standard InChI is InChI=1S/C17H21ClN2O/c1-4-20-12(3)16-7-6-13(9-17(16)18)14-8-15(21-5-2)11-19-10-14/h6-12,20H,4-5H2,1-3H3. The Kier molecular flexibility index (Phi) is 5.59. The average molecular weight is 305 g/mol. The zero-order valence-electron chi connectivity index (χ0n) is 12.7. The van der Waals surface area contributed by atoms with E-state index in [9.17, 15) is 0 Å². The molecule has 2 rings (SSSR count). The van der Waals surface area contributed by atoms with Crippen molar-refractivity contribution < 1.29 is 4.74 Å². The van der Waals surface area contributed by atoms with Crippen molar-refractivity contribution in [2.45, 2.75) is 26.8 Å². The average Bonchev–Trinajstić information content (AvgIpc) is 2.48. The van der Waals surface area contributed by atoms with E-state index in [0.717, 1.165) is 34.0 Å². The van der Waals surface area contributed by atoms with E-state index in [1.54, 1.807) is 6.20 Å². The maximum absolute atomic E-state index is 6.42. The molecule has 21 heavy (non-hydrogen) atoms. The summed E-state index contributed by atoms with van der Waals surface area (Å²) in [5, 5.41) is 4.14. The predicted molar refractivity (Wildman–Crippen MR) is 87.9 cm³/mol. The summed E-state index contributed by atoms with van der Waals surface area (Å²) in [6.07, 6.45) is 3.54. The van der Waals surface area contributed by atoms with E-state index in [1.807, 2.05) is 25.3 Å². The lowest BCUT2D eigenvalue weighted by molar-refractivity contribution is 0.339. The Balaban J connectivity index is 2.29. The minimum absolute atomic E-state index is 0.240. The summed E-state index contributed by atoms with van der Waals surface area (Å²) < 4.78 is 5.49. The van der Waals surface area contributed by atoms with E-state index in [2.05, 4.69) is 36.3 Å². The molecule has 0 saturated carbocycles. The Labute approximate surface area is 131 Å². The molecule has 0 aliphatic rings. The molecular weight excluding hydrogens is 284 g/mol. The van der Waals surface area contributed by atoms with Crippen molar-refractivity contribution in [3.63, 3.8) is 0 Å². The maximum Gasteiger partial charge on any atom is 0.138 e. The molecule has 4 heteroatoms. The number of halogens is 1. The van der Waals surface area contributed by atoms with E-state index in [-0.39, 0.29) is 6.04 Å². The Morgan fingerprint density at radius 1 is 1.19 bits per heavy atom. The van der Waals surface area contributed by atoms with Gasteiger partial charge in [0.2, 0.25) is 0 Å². The van der Waals surface area contributed by atoms with Crippen LogP contribution in [0.15, 0.2) is 36.7 Å². The van der Waals surface area contributed by atoms with Gasteiger partial charge in [-0.2, -0.15) is 0 Å². The third-order valence-electron chi connectivity index (χ3n) is 3.33. The van der Waals surface area contributed by atoms with Gasteiger partial charge in [0, 0.05) is 22.8 Å². The third kappa shape index (κ3) is 3.96. The van der Waals surface area contributed by atoms with Crippen molar-refractivity contribution in [1.82, 2.24) is 10.3 Å². The van der Waals surface area contributed by atoms with Crippen molar-refractivity contribution in [2.75, 3.05) is 13.2 Å². The minimum Gasteiger partial charge on any atom is -0.492 e. The minimum atomic E-state index is 0.240. The Morgan fingerprint density at radius 3 is 2.67 bits per heavy atom. The SMILES string of the molecule is CCNC(C)c1ccc(-c2cncc(OCC)c2)cc1Cl. The molecule has 0 bridgehead atoms. The first-order chi connectivity index (χ1) is 10.2. The molecule has 0 amide bonds.